The van der Waals surface area contributed by atoms with Gasteiger partial charge in [0.25, 0.3) is 0 Å². The maximum absolute atomic E-state index is 13.3. The van der Waals surface area contributed by atoms with Crippen molar-refractivity contribution in [1.29, 1.82) is 0 Å². The molecule has 1 fully saturated rings. The molecule has 0 saturated heterocycles. The van der Waals surface area contributed by atoms with Crippen molar-refractivity contribution >= 4 is 11.3 Å². The van der Waals surface area contributed by atoms with Crippen LogP contribution < -0.4 is 5.63 Å². The first-order chi connectivity index (χ1) is 14.4. The van der Waals surface area contributed by atoms with Crippen molar-refractivity contribution < 1.29 is 13.9 Å². The fourth-order valence-corrected chi connectivity index (χ4v) is 5.05. The van der Waals surface area contributed by atoms with Crippen molar-refractivity contribution in [2.45, 2.75) is 58.3 Å². The predicted molar refractivity (Wildman–Crippen MR) is 118 cm³/mol. The monoisotopic (exact) mass is 426 g/mol. The second-order valence-electron chi connectivity index (χ2n) is 8.31. The molecule has 1 saturated carbocycles. The van der Waals surface area contributed by atoms with Crippen molar-refractivity contribution in [3.63, 3.8) is 0 Å². The first-order valence-electron chi connectivity index (χ1n) is 10.6. The highest BCUT2D eigenvalue weighted by molar-refractivity contribution is 7.11. The third-order valence-electron chi connectivity index (χ3n) is 5.90. The summed E-state index contributed by atoms with van der Waals surface area (Å²) in [5.41, 5.74) is 1.62. The molecule has 30 heavy (non-hydrogen) atoms. The zero-order valence-electron chi connectivity index (χ0n) is 17.4. The summed E-state index contributed by atoms with van der Waals surface area (Å²) in [7, 11) is 0. The van der Waals surface area contributed by atoms with E-state index in [1.165, 1.54) is 29.9 Å². The molecule has 0 radical (unpaired) electrons. The van der Waals surface area contributed by atoms with Crippen molar-refractivity contribution in [3.05, 3.63) is 84.8 Å². The van der Waals surface area contributed by atoms with Gasteiger partial charge in [-0.25, -0.2) is 9.18 Å². The molecule has 3 nitrogen and oxygen atoms in total. The van der Waals surface area contributed by atoms with Crippen LogP contribution in [0.15, 0.2) is 45.6 Å². The van der Waals surface area contributed by atoms with Crippen LogP contribution in [0.1, 0.15) is 64.3 Å². The summed E-state index contributed by atoms with van der Waals surface area (Å²) < 4.78 is 19.2. The summed E-state index contributed by atoms with van der Waals surface area (Å²) in [4.78, 5) is 15.1. The standard InChI is InChI=1S/C25H27FO3S/c1-3-21-23(27)22(14-20-11-4-15(2)30-20)25(28)29-24(21)18(12-16-5-6-16)13-17-7-9-19(26)10-8-17/h4,7-11,16,18,27H,3,5-6,12-14H2,1-2H3. The van der Waals surface area contributed by atoms with E-state index in [-0.39, 0.29) is 17.5 Å². The van der Waals surface area contributed by atoms with Crippen molar-refractivity contribution in [3.8, 4) is 5.75 Å². The van der Waals surface area contributed by atoms with E-state index >= 15 is 0 Å². The number of hydrogen-bond acceptors (Lipinski definition) is 4. The lowest BCUT2D eigenvalue weighted by atomic mass is 9.88. The number of thiophene rings is 1. The van der Waals surface area contributed by atoms with E-state index in [0.29, 0.717) is 36.5 Å². The topological polar surface area (TPSA) is 50.4 Å². The average Bonchev–Trinajstić information content (AvgIpc) is 3.45. The number of benzene rings is 1. The molecule has 158 valence electrons. The van der Waals surface area contributed by atoms with Gasteiger partial charge in [-0.15, -0.1) is 11.3 Å². The van der Waals surface area contributed by atoms with Crippen molar-refractivity contribution in [1.82, 2.24) is 0 Å². The fourth-order valence-electron chi connectivity index (χ4n) is 4.14. The van der Waals surface area contributed by atoms with Crippen LogP contribution in [0.4, 0.5) is 4.39 Å². The molecular formula is C25H27FO3S. The van der Waals surface area contributed by atoms with Crippen LogP contribution in [0, 0.1) is 18.7 Å². The Kier molecular flexibility index (Phi) is 6.09. The normalized spacial score (nSPS) is 14.8. The Morgan fingerprint density at radius 1 is 1.17 bits per heavy atom. The van der Waals surface area contributed by atoms with Gasteiger partial charge in [0, 0.05) is 27.7 Å². The third kappa shape index (κ3) is 4.67. The number of halogens is 1. The zero-order chi connectivity index (χ0) is 21.3. The van der Waals surface area contributed by atoms with E-state index in [1.54, 1.807) is 23.5 Å². The predicted octanol–water partition coefficient (Wildman–Crippen LogP) is 6.13. The number of rotatable bonds is 8. The van der Waals surface area contributed by atoms with Gasteiger partial charge in [-0.05, 0) is 61.9 Å². The summed E-state index contributed by atoms with van der Waals surface area (Å²) >= 11 is 1.62. The summed E-state index contributed by atoms with van der Waals surface area (Å²) in [6.07, 6.45) is 4.92. The fraction of sp³-hybridized carbons (Fsp3) is 0.400. The molecule has 0 amide bonds. The SMILES string of the molecule is CCc1c(C(Cc2ccc(F)cc2)CC2CC2)oc(=O)c(Cc2ccc(C)s2)c1O. The van der Waals surface area contributed by atoms with Gasteiger partial charge < -0.3 is 9.52 Å². The molecule has 0 spiro atoms. The first-order valence-corrected chi connectivity index (χ1v) is 11.4. The highest BCUT2D eigenvalue weighted by Gasteiger charge is 2.31. The second-order valence-corrected chi connectivity index (χ2v) is 9.68. The summed E-state index contributed by atoms with van der Waals surface area (Å²) in [5.74, 6) is 1.04. The van der Waals surface area contributed by atoms with Crippen LogP contribution in [0.3, 0.4) is 0 Å². The maximum atomic E-state index is 13.3. The average molecular weight is 427 g/mol. The van der Waals surface area contributed by atoms with Crippen LogP contribution in [0.25, 0.3) is 0 Å². The molecule has 1 aliphatic rings. The molecular weight excluding hydrogens is 399 g/mol. The van der Waals surface area contributed by atoms with Gasteiger partial charge in [-0.1, -0.05) is 31.9 Å². The van der Waals surface area contributed by atoms with Gasteiger partial charge in [0.1, 0.15) is 17.3 Å². The maximum Gasteiger partial charge on any atom is 0.343 e. The smallest absolute Gasteiger partial charge is 0.343 e. The van der Waals surface area contributed by atoms with Gasteiger partial charge in [-0.2, -0.15) is 0 Å². The molecule has 0 bridgehead atoms. The van der Waals surface area contributed by atoms with Gasteiger partial charge in [0.05, 0.1) is 5.56 Å². The third-order valence-corrected chi connectivity index (χ3v) is 6.90. The van der Waals surface area contributed by atoms with Crippen LogP contribution in [0.5, 0.6) is 5.75 Å². The van der Waals surface area contributed by atoms with Crippen LogP contribution >= 0.6 is 11.3 Å². The number of hydrogen-bond donors (Lipinski definition) is 1. The van der Waals surface area contributed by atoms with Crippen LogP contribution in [-0.2, 0) is 19.3 Å². The highest BCUT2D eigenvalue weighted by atomic mass is 32.1. The Labute approximate surface area is 180 Å². The molecule has 3 aromatic rings. The lowest BCUT2D eigenvalue weighted by Gasteiger charge is -2.20. The lowest BCUT2D eigenvalue weighted by molar-refractivity contribution is 0.368. The van der Waals surface area contributed by atoms with E-state index in [0.717, 1.165) is 22.4 Å². The molecule has 1 aromatic carbocycles. The van der Waals surface area contributed by atoms with E-state index < -0.39 is 5.63 Å². The molecule has 1 unspecified atom stereocenters. The molecule has 4 rings (SSSR count). The summed E-state index contributed by atoms with van der Waals surface area (Å²) in [5, 5.41) is 11.0. The van der Waals surface area contributed by atoms with Gasteiger partial charge in [0.2, 0.25) is 0 Å². The Morgan fingerprint density at radius 2 is 1.90 bits per heavy atom. The Bertz CT molecular complexity index is 1080. The minimum Gasteiger partial charge on any atom is -0.507 e. The van der Waals surface area contributed by atoms with Crippen LogP contribution in [-0.4, -0.2) is 5.11 Å². The first kappa shape index (κ1) is 20.9. The molecule has 5 heteroatoms. The summed E-state index contributed by atoms with van der Waals surface area (Å²) in [6, 6.07) is 10.5. The Morgan fingerprint density at radius 3 is 2.50 bits per heavy atom. The Hall–Kier alpha value is -2.40. The molecule has 2 aromatic heterocycles. The van der Waals surface area contributed by atoms with E-state index in [2.05, 4.69) is 0 Å². The van der Waals surface area contributed by atoms with E-state index in [9.17, 15) is 14.3 Å². The van der Waals surface area contributed by atoms with Crippen molar-refractivity contribution in [2.24, 2.45) is 5.92 Å². The second kappa shape index (κ2) is 8.76. The van der Waals surface area contributed by atoms with Crippen molar-refractivity contribution in [2.75, 3.05) is 0 Å². The lowest BCUT2D eigenvalue weighted by Crippen LogP contribution is -2.16. The quantitative estimate of drug-likeness (QED) is 0.471. The van der Waals surface area contributed by atoms with Gasteiger partial charge >= 0.3 is 5.63 Å². The van der Waals surface area contributed by atoms with E-state index in [4.69, 9.17) is 4.42 Å². The van der Waals surface area contributed by atoms with E-state index in [1.807, 2.05) is 26.0 Å². The molecule has 1 N–H and O–H groups in total. The highest BCUT2D eigenvalue weighted by Crippen LogP contribution is 2.42. The number of aryl methyl sites for hydroxylation is 1. The largest absolute Gasteiger partial charge is 0.507 e. The minimum atomic E-state index is -0.453. The molecule has 1 atom stereocenters. The van der Waals surface area contributed by atoms with Gasteiger partial charge in [0.15, 0.2) is 0 Å². The van der Waals surface area contributed by atoms with Crippen LogP contribution in [0.2, 0.25) is 0 Å². The summed E-state index contributed by atoms with van der Waals surface area (Å²) in [6.45, 7) is 4.00. The Balaban J connectivity index is 1.70. The molecule has 2 heterocycles. The molecule has 0 aliphatic heterocycles. The minimum absolute atomic E-state index is 0.00505. The van der Waals surface area contributed by atoms with Gasteiger partial charge in [-0.3, -0.25) is 0 Å². The molecule has 1 aliphatic carbocycles. The zero-order valence-corrected chi connectivity index (χ0v) is 18.2. The number of aromatic hydroxyl groups is 1.